The molecule has 4 heteroatoms. The van der Waals surface area contributed by atoms with Crippen molar-refractivity contribution in [1.29, 1.82) is 5.26 Å². The zero-order chi connectivity index (χ0) is 14.4. The first kappa shape index (κ1) is 14.5. The van der Waals surface area contributed by atoms with E-state index in [1.807, 2.05) is 0 Å². The predicted molar refractivity (Wildman–Crippen MR) is 77.9 cm³/mol. The van der Waals surface area contributed by atoms with Gasteiger partial charge in [0.05, 0.1) is 19.0 Å². The van der Waals surface area contributed by atoms with Gasteiger partial charge in [-0.25, -0.2) is 0 Å². The lowest BCUT2D eigenvalue weighted by molar-refractivity contribution is -0.131. The van der Waals surface area contributed by atoms with Crippen molar-refractivity contribution in [2.24, 2.45) is 0 Å². The Morgan fingerprint density at radius 3 is 2.90 bits per heavy atom. The maximum absolute atomic E-state index is 12.1. The Morgan fingerprint density at radius 1 is 1.40 bits per heavy atom. The van der Waals surface area contributed by atoms with Crippen molar-refractivity contribution in [1.82, 2.24) is 9.80 Å². The van der Waals surface area contributed by atoms with Crippen LogP contribution in [0.15, 0.2) is 24.3 Å². The number of nitriles is 1. The molecule has 1 heterocycles. The Morgan fingerprint density at radius 2 is 2.15 bits per heavy atom. The first-order chi connectivity index (χ1) is 9.70. The summed E-state index contributed by atoms with van der Waals surface area (Å²) in [7, 11) is 1.77. The van der Waals surface area contributed by atoms with E-state index in [0.29, 0.717) is 19.5 Å². The van der Waals surface area contributed by atoms with E-state index >= 15 is 0 Å². The summed E-state index contributed by atoms with van der Waals surface area (Å²) in [5.41, 5.74) is 2.73. The molecule has 106 valence electrons. The Kier molecular flexibility index (Phi) is 5.14. The van der Waals surface area contributed by atoms with E-state index in [4.69, 9.17) is 5.26 Å². The molecular formula is C16H21N3O. The molecule has 0 bridgehead atoms. The number of carbonyl (C=O) groups is 1. The summed E-state index contributed by atoms with van der Waals surface area (Å²) >= 11 is 0. The Hall–Kier alpha value is -1.86. The Balaban J connectivity index is 1.94. The molecular weight excluding hydrogens is 250 g/mol. The molecule has 0 aromatic heterocycles. The van der Waals surface area contributed by atoms with Crippen LogP contribution in [-0.4, -0.2) is 42.4 Å². The molecule has 1 aliphatic rings. The van der Waals surface area contributed by atoms with Crippen LogP contribution in [0.25, 0.3) is 0 Å². The molecule has 0 unspecified atom stereocenters. The largest absolute Gasteiger partial charge is 0.344 e. The van der Waals surface area contributed by atoms with Gasteiger partial charge >= 0.3 is 0 Å². The highest BCUT2D eigenvalue weighted by Crippen LogP contribution is 2.18. The maximum atomic E-state index is 12.1. The van der Waals surface area contributed by atoms with Gasteiger partial charge in [0.15, 0.2) is 0 Å². The normalized spacial score (nSPS) is 15.0. The molecule has 0 saturated carbocycles. The summed E-state index contributed by atoms with van der Waals surface area (Å²) < 4.78 is 0. The molecule has 0 aliphatic carbocycles. The third kappa shape index (κ3) is 3.82. The van der Waals surface area contributed by atoms with E-state index in [0.717, 1.165) is 25.9 Å². The average Bonchev–Trinajstić information content (AvgIpc) is 2.66. The third-order valence-electron chi connectivity index (χ3n) is 3.78. The van der Waals surface area contributed by atoms with Gasteiger partial charge in [-0.1, -0.05) is 24.3 Å². The van der Waals surface area contributed by atoms with Gasteiger partial charge in [0, 0.05) is 20.1 Å². The van der Waals surface area contributed by atoms with Crippen LogP contribution in [-0.2, 0) is 17.8 Å². The summed E-state index contributed by atoms with van der Waals surface area (Å²) in [6.07, 6.45) is 2.57. The first-order valence-electron chi connectivity index (χ1n) is 7.11. The van der Waals surface area contributed by atoms with Gasteiger partial charge in [-0.3, -0.25) is 9.69 Å². The molecule has 1 aromatic carbocycles. The highest BCUT2D eigenvalue weighted by Gasteiger charge is 2.18. The molecule has 0 radical (unpaired) electrons. The lowest BCUT2D eigenvalue weighted by Gasteiger charge is -2.23. The number of hydrogen-bond donors (Lipinski definition) is 0. The van der Waals surface area contributed by atoms with Gasteiger partial charge in [-0.2, -0.15) is 5.26 Å². The van der Waals surface area contributed by atoms with Crippen molar-refractivity contribution in [3.05, 3.63) is 35.4 Å². The van der Waals surface area contributed by atoms with Crippen LogP contribution in [0.2, 0.25) is 0 Å². The topological polar surface area (TPSA) is 47.3 Å². The second kappa shape index (κ2) is 7.06. The van der Waals surface area contributed by atoms with Gasteiger partial charge in [0.25, 0.3) is 0 Å². The standard InChI is InChI=1S/C16H21N3O/c1-18(10-5-9-17)16(20)13-19-11-4-8-14-6-2-3-7-15(14)12-19/h2-3,6-7H,4-5,8,10-13H2,1H3. The maximum Gasteiger partial charge on any atom is 0.236 e. The van der Waals surface area contributed by atoms with Crippen molar-refractivity contribution >= 4 is 5.91 Å². The van der Waals surface area contributed by atoms with Crippen LogP contribution in [0.4, 0.5) is 0 Å². The van der Waals surface area contributed by atoms with Crippen LogP contribution in [0, 0.1) is 11.3 Å². The molecule has 0 spiro atoms. The molecule has 0 atom stereocenters. The van der Waals surface area contributed by atoms with E-state index in [1.54, 1.807) is 11.9 Å². The van der Waals surface area contributed by atoms with Crippen LogP contribution in [0.1, 0.15) is 24.0 Å². The molecule has 1 amide bonds. The molecule has 0 saturated heterocycles. The summed E-state index contributed by atoms with van der Waals surface area (Å²) in [6, 6.07) is 10.5. The number of benzene rings is 1. The molecule has 4 nitrogen and oxygen atoms in total. The van der Waals surface area contributed by atoms with E-state index in [1.165, 1.54) is 11.1 Å². The second-order valence-corrected chi connectivity index (χ2v) is 5.31. The summed E-state index contributed by atoms with van der Waals surface area (Å²) in [5, 5.41) is 8.57. The van der Waals surface area contributed by atoms with Crippen LogP contribution in [0.3, 0.4) is 0 Å². The number of aryl methyl sites for hydroxylation is 1. The predicted octanol–water partition coefficient (Wildman–Crippen LogP) is 1.81. The zero-order valence-corrected chi connectivity index (χ0v) is 12.0. The summed E-state index contributed by atoms with van der Waals surface area (Å²) in [5.74, 6) is 0.0969. The van der Waals surface area contributed by atoms with Crippen LogP contribution < -0.4 is 0 Å². The highest BCUT2D eigenvalue weighted by molar-refractivity contribution is 5.78. The van der Waals surface area contributed by atoms with Crippen molar-refractivity contribution in [2.45, 2.75) is 25.8 Å². The van der Waals surface area contributed by atoms with E-state index in [9.17, 15) is 4.79 Å². The van der Waals surface area contributed by atoms with Crippen molar-refractivity contribution in [3.63, 3.8) is 0 Å². The van der Waals surface area contributed by atoms with Crippen LogP contribution >= 0.6 is 0 Å². The van der Waals surface area contributed by atoms with E-state index in [2.05, 4.69) is 35.2 Å². The molecule has 2 rings (SSSR count). The Labute approximate surface area is 120 Å². The number of nitrogens with zero attached hydrogens (tertiary/aromatic N) is 3. The smallest absolute Gasteiger partial charge is 0.236 e. The van der Waals surface area contributed by atoms with E-state index in [-0.39, 0.29) is 5.91 Å². The van der Waals surface area contributed by atoms with Gasteiger partial charge in [0.1, 0.15) is 0 Å². The minimum Gasteiger partial charge on any atom is -0.344 e. The fourth-order valence-electron chi connectivity index (χ4n) is 2.56. The fraction of sp³-hybridized carbons (Fsp3) is 0.500. The lowest BCUT2D eigenvalue weighted by Crippen LogP contribution is -2.38. The van der Waals surface area contributed by atoms with Gasteiger partial charge < -0.3 is 4.90 Å². The summed E-state index contributed by atoms with van der Waals surface area (Å²) in [4.78, 5) is 16.0. The second-order valence-electron chi connectivity index (χ2n) is 5.31. The number of likely N-dealkylation sites (N-methyl/N-ethyl adjacent to an activating group) is 1. The number of rotatable bonds is 4. The molecule has 0 fully saturated rings. The van der Waals surface area contributed by atoms with Crippen molar-refractivity contribution in [2.75, 3.05) is 26.7 Å². The zero-order valence-electron chi connectivity index (χ0n) is 12.0. The fourth-order valence-corrected chi connectivity index (χ4v) is 2.56. The van der Waals surface area contributed by atoms with Gasteiger partial charge in [-0.05, 0) is 30.5 Å². The number of hydrogen-bond acceptors (Lipinski definition) is 3. The number of amides is 1. The molecule has 1 aromatic rings. The number of carbonyl (C=O) groups excluding carboxylic acids is 1. The van der Waals surface area contributed by atoms with Crippen molar-refractivity contribution in [3.8, 4) is 6.07 Å². The third-order valence-corrected chi connectivity index (χ3v) is 3.78. The molecule has 20 heavy (non-hydrogen) atoms. The highest BCUT2D eigenvalue weighted by atomic mass is 16.2. The van der Waals surface area contributed by atoms with Crippen molar-refractivity contribution < 1.29 is 4.79 Å². The minimum absolute atomic E-state index is 0.0969. The minimum atomic E-state index is 0.0969. The first-order valence-corrected chi connectivity index (χ1v) is 7.11. The van der Waals surface area contributed by atoms with Crippen LogP contribution in [0.5, 0.6) is 0 Å². The number of fused-ring (bicyclic) bond motifs is 1. The molecule has 0 N–H and O–H groups in total. The SMILES string of the molecule is CN(CCC#N)C(=O)CN1CCCc2ccccc2C1. The van der Waals surface area contributed by atoms with Gasteiger partial charge in [0.2, 0.25) is 5.91 Å². The quantitative estimate of drug-likeness (QED) is 0.839. The van der Waals surface area contributed by atoms with E-state index < -0.39 is 0 Å². The molecule has 1 aliphatic heterocycles. The van der Waals surface area contributed by atoms with Gasteiger partial charge in [-0.15, -0.1) is 0 Å². The monoisotopic (exact) mass is 271 g/mol. The lowest BCUT2D eigenvalue weighted by atomic mass is 10.0. The Bertz CT molecular complexity index is 507. The average molecular weight is 271 g/mol. The summed E-state index contributed by atoms with van der Waals surface area (Å²) in [6.45, 7) is 2.75.